The van der Waals surface area contributed by atoms with Crippen LogP contribution in [0, 0.1) is 5.82 Å². The normalized spacial score (nSPS) is 11.8. The van der Waals surface area contributed by atoms with Crippen LogP contribution in [-0.4, -0.2) is 16.8 Å². The van der Waals surface area contributed by atoms with Crippen molar-refractivity contribution in [3.8, 4) is 5.75 Å². The Morgan fingerprint density at radius 1 is 1.43 bits per heavy atom. The van der Waals surface area contributed by atoms with E-state index in [0.29, 0.717) is 5.56 Å². The molecule has 0 amide bonds. The fraction of sp³-hybridized carbons (Fsp3) is 0.400. The Balaban J connectivity index is 3.29. The van der Waals surface area contributed by atoms with Crippen LogP contribution in [-0.2, 0) is 5.41 Å². The van der Waals surface area contributed by atoms with Crippen molar-refractivity contribution in [3.63, 3.8) is 0 Å². The quantitative estimate of drug-likeness (QED) is 0.801. The zero-order valence-corrected chi connectivity index (χ0v) is 8.77. The first-order chi connectivity index (χ1) is 6.38. The summed E-state index contributed by atoms with van der Waals surface area (Å²) in [4.78, 5) is 0. The predicted octanol–water partition coefficient (Wildman–Crippen LogP) is 2.45. The summed E-state index contributed by atoms with van der Waals surface area (Å²) in [7, 11) is 0. The van der Waals surface area contributed by atoms with Gasteiger partial charge in [0.15, 0.2) is 0 Å². The third-order valence-electron chi connectivity index (χ3n) is 2.16. The Kier molecular flexibility index (Phi) is 3.02. The van der Waals surface area contributed by atoms with E-state index in [9.17, 15) is 9.50 Å². The highest BCUT2D eigenvalue weighted by molar-refractivity contribution is 6.30. The number of halogens is 2. The van der Waals surface area contributed by atoms with Crippen molar-refractivity contribution in [1.29, 1.82) is 0 Å². The van der Waals surface area contributed by atoms with Crippen LogP contribution in [0.2, 0.25) is 5.02 Å². The van der Waals surface area contributed by atoms with Gasteiger partial charge in [0.05, 0.1) is 11.6 Å². The second kappa shape index (κ2) is 3.75. The fourth-order valence-corrected chi connectivity index (χ4v) is 1.33. The van der Waals surface area contributed by atoms with E-state index in [1.54, 1.807) is 13.8 Å². The van der Waals surface area contributed by atoms with E-state index in [-0.39, 0.29) is 17.4 Å². The average molecular weight is 219 g/mol. The van der Waals surface area contributed by atoms with Gasteiger partial charge >= 0.3 is 0 Å². The molecule has 14 heavy (non-hydrogen) atoms. The van der Waals surface area contributed by atoms with Crippen LogP contribution in [0.3, 0.4) is 0 Å². The van der Waals surface area contributed by atoms with Gasteiger partial charge in [-0.3, -0.25) is 0 Å². The lowest BCUT2D eigenvalue weighted by Crippen LogP contribution is -2.22. The standard InChI is InChI=1S/C10H12ClFO2/c1-10(2,5-13)6-3-7(11)8(12)4-9(6)14/h3-4,13-14H,5H2,1-2H3. The molecule has 1 aromatic carbocycles. The van der Waals surface area contributed by atoms with E-state index in [2.05, 4.69) is 0 Å². The summed E-state index contributed by atoms with van der Waals surface area (Å²) in [6, 6.07) is 2.29. The van der Waals surface area contributed by atoms with Gasteiger partial charge in [0.2, 0.25) is 0 Å². The van der Waals surface area contributed by atoms with Crippen molar-refractivity contribution < 1.29 is 14.6 Å². The first kappa shape index (κ1) is 11.3. The predicted molar refractivity (Wildman–Crippen MR) is 53.2 cm³/mol. The molecule has 78 valence electrons. The molecule has 0 spiro atoms. The molecule has 2 N–H and O–H groups in total. The molecule has 0 aromatic heterocycles. The lowest BCUT2D eigenvalue weighted by molar-refractivity contribution is 0.215. The highest BCUT2D eigenvalue weighted by Crippen LogP contribution is 2.34. The number of aromatic hydroxyl groups is 1. The van der Waals surface area contributed by atoms with Gasteiger partial charge in [-0.2, -0.15) is 0 Å². The summed E-state index contributed by atoms with van der Waals surface area (Å²) in [5.41, 5.74) is -0.201. The van der Waals surface area contributed by atoms with Gasteiger partial charge in [-0.1, -0.05) is 25.4 Å². The van der Waals surface area contributed by atoms with Crippen molar-refractivity contribution >= 4 is 11.6 Å². The van der Waals surface area contributed by atoms with Crippen LogP contribution < -0.4 is 0 Å². The molecule has 0 fully saturated rings. The Hall–Kier alpha value is -0.800. The Morgan fingerprint density at radius 2 is 2.00 bits per heavy atom. The Morgan fingerprint density at radius 3 is 2.50 bits per heavy atom. The maximum Gasteiger partial charge on any atom is 0.145 e. The number of hydrogen-bond acceptors (Lipinski definition) is 2. The molecule has 0 radical (unpaired) electrons. The summed E-state index contributed by atoms with van der Waals surface area (Å²) in [6.07, 6.45) is 0. The van der Waals surface area contributed by atoms with Crippen molar-refractivity contribution in [2.75, 3.05) is 6.61 Å². The Bertz CT molecular complexity index is 350. The summed E-state index contributed by atoms with van der Waals surface area (Å²) in [6.45, 7) is 3.31. The van der Waals surface area contributed by atoms with Crippen LogP contribution in [0.1, 0.15) is 19.4 Å². The van der Waals surface area contributed by atoms with E-state index in [1.165, 1.54) is 6.07 Å². The van der Waals surface area contributed by atoms with Gasteiger partial charge in [-0.25, -0.2) is 4.39 Å². The highest BCUT2D eigenvalue weighted by Gasteiger charge is 2.24. The van der Waals surface area contributed by atoms with Crippen LogP contribution >= 0.6 is 11.6 Å². The van der Waals surface area contributed by atoms with Crippen molar-refractivity contribution in [3.05, 3.63) is 28.5 Å². The molecule has 0 atom stereocenters. The van der Waals surface area contributed by atoms with E-state index in [1.807, 2.05) is 0 Å². The molecule has 0 saturated heterocycles. The van der Waals surface area contributed by atoms with Crippen LogP contribution in [0.4, 0.5) is 4.39 Å². The molecule has 0 aliphatic carbocycles. The lowest BCUT2D eigenvalue weighted by atomic mass is 9.85. The van der Waals surface area contributed by atoms with Crippen LogP contribution in [0.5, 0.6) is 5.75 Å². The van der Waals surface area contributed by atoms with Gasteiger partial charge in [0.1, 0.15) is 11.6 Å². The number of hydrogen-bond donors (Lipinski definition) is 2. The van der Waals surface area contributed by atoms with Crippen LogP contribution in [0.15, 0.2) is 12.1 Å². The van der Waals surface area contributed by atoms with Crippen molar-refractivity contribution in [2.45, 2.75) is 19.3 Å². The number of aliphatic hydroxyl groups is 1. The molecule has 4 heteroatoms. The largest absolute Gasteiger partial charge is 0.508 e. The van der Waals surface area contributed by atoms with Gasteiger partial charge < -0.3 is 10.2 Å². The fourth-order valence-electron chi connectivity index (χ4n) is 1.16. The minimum Gasteiger partial charge on any atom is -0.508 e. The second-order valence-corrected chi connectivity index (χ2v) is 4.23. The minimum absolute atomic E-state index is 0.0562. The zero-order chi connectivity index (χ0) is 10.9. The molecule has 2 nitrogen and oxygen atoms in total. The smallest absolute Gasteiger partial charge is 0.145 e. The van der Waals surface area contributed by atoms with Crippen molar-refractivity contribution in [1.82, 2.24) is 0 Å². The Labute approximate surface area is 86.9 Å². The molecule has 0 heterocycles. The molecular weight excluding hydrogens is 207 g/mol. The molecule has 0 unspecified atom stereocenters. The summed E-state index contributed by atoms with van der Waals surface area (Å²) in [5, 5.41) is 18.5. The first-order valence-corrected chi connectivity index (χ1v) is 4.55. The summed E-state index contributed by atoms with van der Waals surface area (Å²) in [5.74, 6) is -0.854. The molecule has 1 rings (SSSR count). The lowest BCUT2D eigenvalue weighted by Gasteiger charge is -2.23. The minimum atomic E-state index is -0.665. The highest BCUT2D eigenvalue weighted by atomic mass is 35.5. The number of phenols is 1. The van der Waals surface area contributed by atoms with E-state index in [4.69, 9.17) is 16.7 Å². The number of rotatable bonds is 2. The molecule has 0 bridgehead atoms. The molecular formula is C10H12ClFO2. The third kappa shape index (κ3) is 1.99. The number of benzene rings is 1. The van der Waals surface area contributed by atoms with Gasteiger partial charge in [-0.15, -0.1) is 0 Å². The maximum absolute atomic E-state index is 12.9. The summed E-state index contributed by atoms with van der Waals surface area (Å²) < 4.78 is 12.9. The van der Waals surface area contributed by atoms with Crippen molar-refractivity contribution in [2.24, 2.45) is 0 Å². The van der Waals surface area contributed by atoms with E-state index in [0.717, 1.165) is 6.07 Å². The number of phenolic OH excluding ortho intramolecular Hbond substituents is 1. The zero-order valence-electron chi connectivity index (χ0n) is 8.01. The topological polar surface area (TPSA) is 40.5 Å². The maximum atomic E-state index is 12.9. The molecule has 0 saturated carbocycles. The molecule has 0 aliphatic heterocycles. The third-order valence-corrected chi connectivity index (χ3v) is 2.45. The summed E-state index contributed by atoms with van der Waals surface area (Å²) >= 11 is 5.58. The average Bonchev–Trinajstić information content (AvgIpc) is 2.11. The monoisotopic (exact) mass is 218 g/mol. The second-order valence-electron chi connectivity index (χ2n) is 3.83. The van der Waals surface area contributed by atoms with Crippen LogP contribution in [0.25, 0.3) is 0 Å². The SMILES string of the molecule is CC(C)(CO)c1cc(Cl)c(F)cc1O. The van der Waals surface area contributed by atoms with Gasteiger partial charge in [0, 0.05) is 17.0 Å². The molecule has 0 aliphatic rings. The van der Waals surface area contributed by atoms with Gasteiger partial charge in [-0.05, 0) is 6.07 Å². The van der Waals surface area contributed by atoms with Gasteiger partial charge in [0.25, 0.3) is 0 Å². The first-order valence-electron chi connectivity index (χ1n) is 4.18. The number of aliphatic hydroxyl groups excluding tert-OH is 1. The van der Waals surface area contributed by atoms with E-state index >= 15 is 0 Å². The van der Waals surface area contributed by atoms with E-state index < -0.39 is 11.2 Å². The molecule has 1 aromatic rings.